The van der Waals surface area contributed by atoms with Crippen LogP contribution in [0.1, 0.15) is 0 Å². The van der Waals surface area contributed by atoms with Crippen LogP contribution in [0.4, 0.5) is 0 Å². The third-order valence-corrected chi connectivity index (χ3v) is 11.6. The van der Waals surface area contributed by atoms with Crippen molar-refractivity contribution in [3.63, 3.8) is 0 Å². The summed E-state index contributed by atoms with van der Waals surface area (Å²) in [6.07, 6.45) is 0. The van der Waals surface area contributed by atoms with E-state index in [-0.39, 0.29) is 0 Å². The summed E-state index contributed by atoms with van der Waals surface area (Å²) in [5.74, 6) is 0.660. The van der Waals surface area contributed by atoms with E-state index in [9.17, 15) is 0 Å². The minimum Gasteiger partial charge on any atom is -0.456 e. The van der Waals surface area contributed by atoms with Crippen LogP contribution >= 0.6 is 11.3 Å². The standard InChI is InChI=1S/C46H25N3O2S/c1-2-12-26(13-3-1)49-34-19-7-4-14-27(34)32-25-40-33(24-35(32)49)44-45(52-40)43(30-17-10-22-38-41(30)28-15-5-8-20-36(28)50-38)47-46(48-44)31-18-11-23-39-42(31)29-16-6-9-21-37(29)51-39/h1-25H. The van der Waals surface area contributed by atoms with E-state index in [1.165, 1.54) is 21.0 Å². The molecule has 0 aliphatic carbocycles. The first-order chi connectivity index (χ1) is 25.8. The van der Waals surface area contributed by atoms with Crippen molar-refractivity contribution in [3.05, 3.63) is 152 Å². The molecule has 0 aliphatic heterocycles. The maximum atomic E-state index is 6.38. The lowest BCUT2D eigenvalue weighted by Crippen LogP contribution is -1.95. The summed E-state index contributed by atoms with van der Waals surface area (Å²) in [5, 5.41) is 7.73. The average molecular weight is 684 g/mol. The highest BCUT2D eigenvalue weighted by Gasteiger charge is 2.23. The Labute approximate surface area is 299 Å². The Balaban J connectivity index is 1.24. The zero-order valence-corrected chi connectivity index (χ0v) is 28.3. The first-order valence-electron chi connectivity index (χ1n) is 17.3. The van der Waals surface area contributed by atoms with Crippen LogP contribution in [0.5, 0.6) is 0 Å². The number of nitrogens with zero attached hydrogens (tertiary/aromatic N) is 3. The molecule has 12 rings (SSSR count). The van der Waals surface area contributed by atoms with Gasteiger partial charge in [-0.25, -0.2) is 9.97 Å². The fourth-order valence-electron chi connectivity index (χ4n) is 8.20. The van der Waals surface area contributed by atoms with Crippen LogP contribution < -0.4 is 0 Å². The van der Waals surface area contributed by atoms with Gasteiger partial charge >= 0.3 is 0 Å². The number of furan rings is 2. The number of aromatic nitrogens is 3. The summed E-state index contributed by atoms with van der Waals surface area (Å²) in [4.78, 5) is 11.0. The maximum absolute atomic E-state index is 6.38. The molecule has 7 aromatic carbocycles. The number of rotatable bonds is 3. The lowest BCUT2D eigenvalue weighted by Gasteiger charge is -2.09. The van der Waals surface area contributed by atoms with Gasteiger partial charge in [0.25, 0.3) is 0 Å². The molecular weight excluding hydrogens is 659 g/mol. The lowest BCUT2D eigenvalue weighted by atomic mass is 10.0. The first kappa shape index (κ1) is 28.0. The molecule has 52 heavy (non-hydrogen) atoms. The van der Waals surface area contributed by atoms with Gasteiger partial charge in [0.1, 0.15) is 22.3 Å². The van der Waals surface area contributed by atoms with Crippen molar-refractivity contribution < 1.29 is 8.83 Å². The summed E-state index contributed by atoms with van der Waals surface area (Å²) in [6, 6.07) is 52.8. The van der Waals surface area contributed by atoms with Gasteiger partial charge in [0.05, 0.1) is 26.9 Å². The van der Waals surface area contributed by atoms with Crippen LogP contribution in [0.2, 0.25) is 0 Å². The number of hydrogen-bond acceptors (Lipinski definition) is 5. The second-order valence-electron chi connectivity index (χ2n) is 13.3. The van der Waals surface area contributed by atoms with Gasteiger partial charge in [-0.3, -0.25) is 0 Å². The minimum absolute atomic E-state index is 0.660. The van der Waals surface area contributed by atoms with Crippen LogP contribution in [0.15, 0.2) is 160 Å². The SMILES string of the molecule is c1ccc(-n2c3ccccc3c3cc4sc5c(-c6cccc7oc8ccccc8c67)nc(-c6cccc7oc8ccccc8c67)nc5c4cc32)cc1. The summed E-state index contributed by atoms with van der Waals surface area (Å²) in [6.45, 7) is 0. The van der Waals surface area contributed by atoms with Crippen molar-refractivity contribution >= 4 is 97.3 Å². The molecule has 5 aromatic heterocycles. The fourth-order valence-corrected chi connectivity index (χ4v) is 9.36. The highest BCUT2D eigenvalue weighted by molar-refractivity contribution is 7.26. The summed E-state index contributed by atoms with van der Waals surface area (Å²) in [7, 11) is 0. The lowest BCUT2D eigenvalue weighted by molar-refractivity contribution is 0.668. The van der Waals surface area contributed by atoms with E-state index in [1.54, 1.807) is 11.3 Å². The molecule has 0 saturated carbocycles. The smallest absolute Gasteiger partial charge is 0.161 e. The van der Waals surface area contributed by atoms with Crippen LogP contribution in [0, 0.1) is 0 Å². The van der Waals surface area contributed by atoms with Gasteiger partial charge in [-0.05, 0) is 54.6 Å². The van der Waals surface area contributed by atoms with Crippen molar-refractivity contribution in [1.29, 1.82) is 0 Å². The van der Waals surface area contributed by atoms with E-state index in [2.05, 4.69) is 114 Å². The first-order valence-corrected chi connectivity index (χ1v) is 18.1. The molecule has 5 heterocycles. The predicted molar refractivity (Wildman–Crippen MR) is 215 cm³/mol. The molecule has 0 atom stereocenters. The molecule has 0 bridgehead atoms. The van der Waals surface area contributed by atoms with E-state index >= 15 is 0 Å². The molecule has 0 N–H and O–H groups in total. The van der Waals surface area contributed by atoms with Crippen molar-refractivity contribution in [2.75, 3.05) is 0 Å². The molecular formula is C46H25N3O2S. The third kappa shape index (κ3) is 3.81. The van der Waals surface area contributed by atoms with E-state index in [0.29, 0.717) is 5.82 Å². The molecule has 0 fully saturated rings. The van der Waals surface area contributed by atoms with Crippen molar-refractivity contribution in [2.24, 2.45) is 0 Å². The molecule has 12 aromatic rings. The Morgan fingerprint density at radius 3 is 1.83 bits per heavy atom. The second-order valence-corrected chi connectivity index (χ2v) is 14.3. The fraction of sp³-hybridized carbons (Fsp3) is 0. The van der Waals surface area contributed by atoms with Gasteiger partial charge in [0.2, 0.25) is 0 Å². The summed E-state index contributed by atoms with van der Waals surface area (Å²) < 4.78 is 17.3. The Kier molecular flexibility index (Phi) is 5.59. The minimum atomic E-state index is 0.660. The summed E-state index contributed by atoms with van der Waals surface area (Å²) >= 11 is 1.76. The topological polar surface area (TPSA) is 57.0 Å². The zero-order valence-electron chi connectivity index (χ0n) is 27.5. The molecule has 0 saturated heterocycles. The molecule has 0 radical (unpaired) electrons. The predicted octanol–water partition coefficient (Wildman–Crippen LogP) is 13.1. The van der Waals surface area contributed by atoms with Crippen LogP contribution in [0.25, 0.3) is 114 Å². The molecule has 5 nitrogen and oxygen atoms in total. The molecule has 6 heteroatoms. The van der Waals surface area contributed by atoms with Gasteiger partial charge in [0, 0.05) is 59.2 Å². The van der Waals surface area contributed by atoms with Crippen LogP contribution in [0.3, 0.4) is 0 Å². The van der Waals surface area contributed by atoms with E-state index in [0.717, 1.165) is 87.5 Å². The highest BCUT2D eigenvalue weighted by atomic mass is 32.1. The Bertz CT molecular complexity index is 3420. The van der Waals surface area contributed by atoms with Crippen molar-refractivity contribution in [1.82, 2.24) is 14.5 Å². The Morgan fingerprint density at radius 1 is 0.462 bits per heavy atom. The number of benzene rings is 7. The van der Waals surface area contributed by atoms with E-state index in [1.807, 2.05) is 42.5 Å². The van der Waals surface area contributed by atoms with Gasteiger partial charge in [0.15, 0.2) is 5.82 Å². The van der Waals surface area contributed by atoms with Gasteiger partial charge in [-0.2, -0.15) is 0 Å². The number of thiophene rings is 1. The maximum Gasteiger partial charge on any atom is 0.161 e. The van der Waals surface area contributed by atoms with Crippen LogP contribution in [-0.2, 0) is 0 Å². The van der Waals surface area contributed by atoms with Crippen LogP contribution in [-0.4, -0.2) is 14.5 Å². The van der Waals surface area contributed by atoms with E-state index in [4.69, 9.17) is 18.8 Å². The van der Waals surface area contributed by atoms with E-state index < -0.39 is 0 Å². The second kappa shape index (κ2) is 10.4. The Morgan fingerprint density at radius 2 is 1.08 bits per heavy atom. The van der Waals surface area contributed by atoms with Gasteiger partial charge in [-0.15, -0.1) is 11.3 Å². The molecule has 242 valence electrons. The number of fused-ring (bicyclic) bond motifs is 12. The monoisotopic (exact) mass is 683 g/mol. The molecule has 0 spiro atoms. The average Bonchev–Trinajstić information content (AvgIpc) is 3.95. The third-order valence-electron chi connectivity index (χ3n) is 10.4. The molecule has 0 aliphatic rings. The Hall–Kier alpha value is -6.76. The largest absolute Gasteiger partial charge is 0.456 e. The number of para-hydroxylation sites is 4. The van der Waals surface area contributed by atoms with Gasteiger partial charge in [-0.1, -0.05) is 97.1 Å². The summed E-state index contributed by atoms with van der Waals surface area (Å²) in [5.41, 5.74) is 10.6. The van der Waals surface area contributed by atoms with Gasteiger partial charge < -0.3 is 13.4 Å². The van der Waals surface area contributed by atoms with Crippen molar-refractivity contribution in [2.45, 2.75) is 0 Å². The number of hydrogen-bond donors (Lipinski definition) is 0. The zero-order chi connectivity index (χ0) is 33.9. The quantitative estimate of drug-likeness (QED) is 0.186. The normalized spacial score (nSPS) is 12.2. The van der Waals surface area contributed by atoms with Crippen molar-refractivity contribution in [3.8, 4) is 28.3 Å². The molecule has 0 unspecified atom stereocenters. The molecule has 0 amide bonds. The highest BCUT2D eigenvalue weighted by Crippen LogP contribution is 2.46.